The Bertz CT molecular complexity index is 440. The molecule has 1 aliphatic rings. The molecule has 1 unspecified atom stereocenters. The van der Waals surface area contributed by atoms with Crippen LogP contribution in [0.3, 0.4) is 0 Å². The molecule has 1 saturated heterocycles. The van der Waals surface area contributed by atoms with Gasteiger partial charge in [-0.05, 0) is 6.42 Å². The molecule has 2 heterocycles. The number of aromatic nitrogens is 2. The largest absolute Gasteiger partial charge is 0.325 e. The molecule has 1 aliphatic heterocycles. The van der Waals surface area contributed by atoms with Gasteiger partial charge < -0.3 is 5.32 Å². The summed E-state index contributed by atoms with van der Waals surface area (Å²) in [6, 6.07) is -0.884. The van der Waals surface area contributed by atoms with Crippen LogP contribution in [0.1, 0.15) is 31.4 Å². The summed E-state index contributed by atoms with van der Waals surface area (Å²) in [5.74, 6) is -0.184. The lowest BCUT2D eigenvalue weighted by Gasteiger charge is -2.11. The standard InChI is InChI=1S/C11H16N4O2/c1-3-4-5-15-10(16)9(13-11(15)17)8-6-12-14(2)7-8/h6-7,9H,3-5H2,1-2H3,(H,13,17). The van der Waals surface area contributed by atoms with Crippen molar-refractivity contribution in [3.05, 3.63) is 18.0 Å². The molecule has 17 heavy (non-hydrogen) atoms. The third kappa shape index (κ3) is 2.15. The molecule has 1 N–H and O–H groups in total. The molecule has 0 aliphatic carbocycles. The number of aryl methyl sites for hydroxylation is 1. The molecule has 6 heteroatoms. The van der Waals surface area contributed by atoms with E-state index >= 15 is 0 Å². The highest BCUT2D eigenvalue weighted by Crippen LogP contribution is 2.21. The number of hydrogen-bond acceptors (Lipinski definition) is 3. The molecule has 0 radical (unpaired) electrons. The van der Waals surface area contributed by atoms with Gasteiger partial charge in [-0.1, -0.05) is 13.3 Å². The normalized spacial score (nSPS) is 19.9. The monoisotopic (exact) mass is 236 g/mol. The van der Waals surface area contributed by atoms with Gasteiger partial charge in [-0.2, -0.15) is 5.10 Å². The van der Waals surface area contributed by atoms with Crippen LogP contribution < -0.4 is 5.32 Å². The Kier molecular flexibility index (Phi) is 3.12. The Morgan fingerprint density at radius 3 is 2.82 bits per heavy atom. The van der Waals surface area contributed by atoms with E-state index in [1.165, 1.54) is 4.90 Å². The van der Waals surface area contributed by atoms with Gasteiger partial charge in [0.2, 0.25) is 0 Å². The van der Waals surface area contributed by atoms with Crippen LogP contribution in [0.5, 0.6) is 0 Å². The van der Waals surface area contributed by atoms with E-state index in [1.54, 1.807) is 24.1 Å². The molecule has 1 aromatic rings. The summed E-state index contributed by atoms with van der Waals surface area (Å²) < 4.78 is 1.61. The number of carbonyl (C=O) groups is 2. The van der Waals surface area contributed by atoms with Crippen molar-refractivity contribution in [1.82, 2.24) is 20.0 Å². The number of amides is 3. The zero-order chi connectivity index (χ0) is 12.4. The lowest BCUT2D eigenvalue weighted by atomic mass is 10.1. The van der Waals surface area contributed by atoms with Gasteiger partial charge in [-0.25, -0.2) is 4.79 Å². The maximum Gasteiger partial charge on any atom is 0.325 e. The molecule has 0 bridgehead atoms. The number of imide groups is 1. The van der Waals surface area contributed by atoms with Crippen LogP contribution in [0.4, 0.5) is 4.79 Å². The van der Waals surface area contributed by atoms with E-state index in [0.717, 1.165) is 18.4 Å². The first-order valence-corrected chi connectivity index (χ1v) is 5.74. The molecule has 2 rings (SSSR count). The van der Waals surface area contributed by atoms with Gasteiger partial charge in [0.05, 0.1) is 6.20 Å². The van der Waals surface area contributed by atoms with E-state index < -0.39 is 6.04 Å². The van der Waals surface area contributed by atoms with E-state index in [9.17, 15) is 9.59 Å². The smallest absolute Gasteiger partial charge is 0.322 e. The first-order valence-electron chi connectivity index (χ1n) is 5.74. The van der Waals surface area contributed by atoms with Crippen molar-refractivity contribution in [3.63, 3.8) is 0 Å². The van der Waals surface area contributed by atoms with Crippen molar-refractivity contribution in [1.29, 1.82) is 0 Å². The minimum atomic E-state index is -0.576. The molecule has 92 valence electrons. The number of nitrogens with one attached hydrogen (secondary N) is 1. The molecule has 0 spiro atoms. The zero-order valence-corrected chi connectivity index (χ0v) is 10.0. The maximum absolute atomic E-state index is 12.0. The minimum Gasteiger partial charge on any atom is -0.322 e. The van der Waals surface area contributed by atoms with Crippen molar-refractivity contribution >= 4 is 11.9 Å². The lowest BCUT2D eigenvalue weighted by molar-refractivity contribution is -0.127. The molecule has 1 aromatic heterocycles. The molecule has 0 aromatic carbocycles. The fourth-order valence-electron chi connectivity index (χ4n) is 1.86. The van der Waals surface area contributed by atoms with Gasteiger partial charge in [-0.15, -0.1) is 0 Å². The Morgan fingerprint density at radius 2 is 2.24 bits per heavy atom. The molecule has 3 amide bonds. The van der Waals surface area contributed by atoms with Crippen LogP contribution in [0, 0.1) is 0 Å². The van der Waals surface area contributed by atoms with Gasteiger partial charge >= 0.3 is 6.03 Å². The summed E-state index contributed by atoms with van der Waals surface area (Å²) in [6.45, 7) is 2.51. The highest BCUT2D eigenvalue weighted by atomic mass is 16.2. The first kappa shape index (κ1) is 11.6. The van der Waals surface area contributed by atoms with Crippen LogP contribution in [0.2, 0.25) is 0 Å². The minimum absolute atomic E-state index is 0.184. The summed E-state index contributed by atoms with van der Waals surface area (Å²) in [7, 11) is 1.78. The predicted molar refractivity (Wildman–Crippen MR) is 61.1 cm³/mol. The number of hydrogen-bond donors (Lipinski definition) is 1. The van der Waals surface area contributed by atoms with Crippen LogP contribution in [-0.2, 0) is 11.8 Å². The Balaban J connectivity index is 2.12. The Hall–Kier alpha value is -1.85. The van der Waals surface area contributed by atoms with Gasteiger partial charge in [0.25, 0.3) is 5.91 Å². The Morgan fingerprint density at radius 1 is 1.47 bits per heavy atom. The van der Waals surface area contributed by atoms with E-state index in [2.05, 4.69) is 10.4 Å². The molecule has 1 atom stereocenters. The number of nitrogens with zero attached hydrogens (tertiary/aromatic N) is 3. The van der Waals surface area contributed by atoms with Crippen LogP contribution in [0.15, 0.2) is 12.4 Å². The summed E-state index contributed by atoms with van der Waals surface area (Å²) in [6.07, 6.45) is 5.13. The van der Waals surface area contributed by atoms with Crippen molar-refractivity contribution in [2.75, 3.05) is 6.54 Å². The summed E-state index contributed by atoms with van der Waals surface area (Å²) >= 11 is 0. The topological polar surface area (TPSA) is 67.2 Å². The van der Waals surface area contributed by atoms with Crippen molar-refractivity contribution in [2.24, 2.45) is 7.05 Å². The maximum atomic E-state index is 12.0. The van der Waals surface area contributed by atoms with Crippen molar-refractivity contribution in [3.8, 4) is 0 Å². The highest BCUT2D eigenvalue weighted by Gasteiger charge is 2.38. The Labute approximate surface area is 99.6 Å². The molecule has 0 saturated carbocycles. The average Bonchev–Trinajstić information content (AvgIpc) is 2.82. The van der Waals surface area contributed by atoms with E-state index in [4.69, 9.17) is 0 Å². The second-order valence-electron chi connectivity index (χ2n) is 4.17. The fraction of sp³-hybridized carbons (Fsp3) is 0.545. The molecular formula is C11H16N4O2. The predicted octanol–water partition coefficient (Wildman–Crippen LogP) is 0.813. The second-order valence-corrected chi connectivity index (χ2v) is 4.17. The SMILES string of the molecule is CCCCN1C(=O)NC(c2cnn(C)c2)C1=O. The van der Waals surface area contributed by atoms with Crippen molar-refractivity contribution in [2.45, 2.75) is 25.8 Å². The van der Waals surface area contributed by atoms with Gasteiger partial charge in [0, 0.05) is 25.4 Å². The number of rotatable bonds is 4. The lowest BCUT2D eigenvalue weighted by Crippen LogP contribution is -2.31. The number of carbonyl (C=O) groups excluding carboxylic acids is 2. The average molecular weight is 236 g/mol. The third-order valence-electron chi connectivity index (χ3n) is 2.82. The zero-order valence-electron chi connectivity index (χ0n) is 10.0. The van der Waals surface area contributed by atoms with E-state index in [1.807, 2.05) is 6.92 Å². The molecule has 6 nitrogen and oxygen atoms in total. The second kappa shape index (κ2) is 4.57. The summed E-state index contributed by atoms with van der Waals surface area (Å²) in [5.41, 5.74) is 0.727. The van der Waals surface area contributed by atoms with E-state index in [-0.39, 0.29) is 11.9 Å². The fourth-order valence-corrected chi connectivity index (χ4v) is 1.86. The van der Waals surface area contributed by atoms with Crippen molar-refractivity contribution < 1.29 is 9.59 Å². The number of unbranched alkanes of at least 4 members (excludes halogenated alkanes) is 1. The first-order chi connectivity index (χ1) is 8.13. The third-order valence-corrected chi connectivity index (χ3v) is 2.82. The van der Waals surface area contributed by atoms with Gasteiger partial charge in [-0.3, -0.25) is 14.4 Å². The van der Waals surface area contributed by atoms with E-state index in [0.29, 0.717) is 6.54 Å². The summed E-state index contributed by atoms with van der Waals surface area (Å²) in [4.78, 5) is 25.0. The van der Waals surface area contributed by atoms with Crippen LogP contribution in [0.25, 0.3) is 0 Å². The number of urea groups is 1. The van der Waals surface area contributed by atoms with Gasteiger partial charge in [0.15, 0.2) is 0 Å². The van der Waals surface area contributed by atoms with Crippen LogP contribution >= 0.6 is 0 Å². The van der Waals surface area contributed by atoms with Gasteiger partial charge in [0.1, 0.15) is 6.04 Å². The molecule has 1 fully saturated rings. The quantitative estimate of drug-likeness (QED) is 0.787. The molecular weight excluding hydrogens is 220 g/mol. The highest BCUT2D eigenvalue weighted by molar-refractivity contribution is 6.04. The summed E-state index contributed by atoms with van der Waals surface area (Å²) in [5, 5.41) is 6.68. The van der Waals surface area contributed by atoms with Crippen LogP contribution in [-0.4, -0.2) is 33.2 Å².